The van der Waals surface area contributed by atoms with Crippen LogP contribution in [0.5, 0.6) is 0 Å². The standard InChI is InChI=1S/C13H17N5O4/c1-7-10(18-22-16-7)12(19)15-11(9-3-5-20-6-4-9)13-14-8(2)17-21-13/h9,11H,3-6H2,1-2H3,(H,15,19)/t11-/m1/s1. The Labute approximate surface area is 126 Å². The predicted molar refractivity (Wildman–Crippen MR) is 71.8 cm³/mol. The molecule has 9 heteroatoms. The number of nitrogens with zero attached hydrogens (tertiary/aromatic N) is 4. The molecule has 2 aromatic heterocycles. The summed E-state index contributed by atoms with van der Waals surface area (Å²) in [6.45, 7) is 4.69. The van der Waals surface area contributed by atoms with Crippen LogP contribution in [-0.4, -0.2) is 39.6 Å². The number of aromatic nitrogens is 4. The fourth-order valence-electron chi connectivity index (χ4n) is 2.52. The lowest BCUT2D eigenvalue weighted by atomic mass is 9.91. The van der Waals surface area contributed by atoms with Gasteiger partial charge in [0.15, 0.2) is 11.5 Å². The van der Waals surface area contributed by atoms with Gasteiger partial charge in [-0.3, -0.25) is 4.79 Å². The van der Waals surface area contributed by atoms with Crippen molar-refractivity contribution in [1.82, 2.24) is 25.8 Å². The molecule has 0 saturated carbocycles. The molecule has 0 unspecified atom stereocenters. The second-order valence-corrected chi connectivity index (χ2v) is 5.28. The Bertz CT molecular complexity index is 646. The first-order chi connectivity index (χ1) is 10.6. The van der Waals surface area contributed by atoms with Gasteiger partial charge in [0.25, 0.3) is 5.91 Å². The molecule has 1 fully saturated rings. The van der Waals surface area contributed by atoms with Crippen molar-refractivity contribution >= 4 is 5.91 Å². The molecular formula is C13H17N5O4. The van der Waals surface area contributed by atoms with Crippen molar-refractivity contribution in [3.8, 4) is 0 Å². The van der Waals surface area contributed by atoms with E-state index in [0.717, 1.165) is 12.8 Å². The van der Waals surface area contributed by atoms with E-state index in [9.17, 15) is 4.79 Å². The molecule has 0 spiro atoms. The number of aryl methyl sites for hydroxylation is 2. The van der Waals surface area contributed by atoms with Gasteiger partial charge in [0.1, 0.15) is 11.7 Å². The highest BCUT2D eigenvalue weighted by molar-refractivity contribution is 5.93. The van der Waals surface area contributed by atoms with E-state index in [0.29, 0.717) is 30.6 Å². The van der Waals surface area contributed by atoms with Crippen LogP contribution in [0.15, 0.2) is 9.15 Å². The Balaban J connectivity index is 1.82. The quantitative estimate of drug-likeness (QED) is 0.888. The van der Waals surface area contributed by atoms with Crippen LogP contribution in [0.3, 0.4) is 0 Å². The molecule has 1 saturated heterocycles. The summed E-state index contributed by atoms with van der Waals surface area (Å²) in [5.74, 6) is 0.719. The topological polar surface area (TPSA) is 116 Å². The summed E-state index contributed by atoms with van der Waals surface area (Å²) in [5, 5.41) is 14.0. The van der Waals surface area contributed by atoms with Crippen LogP contribution >= 0.6 is 0 Å². The van der Waals surface area contributed by atoms with Gasteiger partial charge in [0.05, 0.1) is 0 Å². The highest BCUT2D eigenvalue weighted by Crippen LogP contribution is 2.29. The Morgan fingerprint density at radius 3 is 2.59 bits per heavy atom. The molecule has 0 radical (unpaired) electrons. The van der Waals surface area contributed by atoms with Crippen LogP contribution in [-0.2, 0) is 4.74 Å². The maximum absolute atomic E-state index is 12.4. The Kier molecular flexibility index (Phi) is 4.14. The highest BCUT2D eigenvalue weighted by Gasteiger charge is 2.32. The Morgan fingerprint density at radius 1 is 1.23 bits per heavy atom. The van der Waals surface area contributed by atoms with E-state index in [1.807, 2.05) is 0 Å². The maximum Gasteiger partial charge on any atom is 0.276 e. The van der Waals surface area contributed by atoms with Crippen molar-refractivity contribution in [1.29, 1.82) is 0 Å². The minimum Gasteiger partial charge on any atom is -0.381 e. The molecule has 118 valence electrons. The number of nitrogens with one attached hydrogen (secondary N) is 1. The van der Waals surface area contributed by atoms with E-state index in [1.54, 1.807) is 13.8 Å². The first kappa shape index (κ1) is 14.6. The third-order valence-corrected chi connectivity index (χ3v) is 3.70. The molecule has 0 bridgehead atoms. The fourth-order valence-corrected chi connectivity index (χ4v) is 2.52. The lowest BCUT2D eigenvalue weighted by Gasteiger charge is -2.28. The first-order valence-corrected chi connectivity index (χ1v) is 7.13. The zero-order valence-corrected chi connectivity index (χ0v) is 12.4. The summed E-state index contributed by atoms with van der Waals surface area (Å²) in [6.07, 6.45) is 1.62. The van der Waals surface area contributed by atoms with E-state index in [4.69, 9.17) is 9.26 Å². The van der Waals surface area contributed by atoms with Gasteiger partial charge in [-0.2, -0.15) is 4.98 Å². The van der Waals surface area contributed by atoms with Crippen molar-refractivity contribution in [2.24, 2.45) is 5.92 Å². The largest absolute Gasteiger partial charge is 0.381 e. The van der Waals surface area contributed by atoms with Gasteiger partial charge in [0, 0.05) is 13.2 Å². The molecule has 2 aromatic rings. The van der Waals surface area contributed by atoms with E-state index in [2.05, 4.69) is 30.4 Å². The monoisotopic (exact) mass is 307 g/mol. The second kappa shape index (κ2) is 6.22. The van der Waals surface area contributed by atoms with Crippen LogP contribution < -0.4 is 5.32 Å². The van der Waals surface area contributed by atoms with Gasteiger partial charge >= 0.3 is 0 Å². The third-order valence-electron chi connectivity index (χ3n) is 3.70. The minimum absolute atomic E-state index is 0.160. The molecule has 0 aliphatic carbocycles. The van der Waals surface area contributed by atoms with Crippen LogP contribution in [0.25, 0.3) is 0 Å². The summed E-state index contributed by atoms with van der Waals surface area (Å²) in [4.78, 5) is 16.6. The number of hydrogen-bond donors (Lipinski definition) is 1. The lowest BCUT2D eigenvalue weighted by molar-refractivity contribution is 0.0466. The smallest absolute Gasteiger partial charge is 0.276 e. The number of hydrogen-bond acceptors (Lipinski definition) is 8. The average molecular weight is 307 g/mol. The molecule has 1 amide bonds. The number of carbonyl (C=O) groups is 1. The molecule has 1 aliphatic rings. The number of ether oxygens (including phenoxy) is 1. The summed E-state index contributed by atoms with van der Waals surface area (Å²) >= 11 is 0. The van der Waals surface area contributed by atoms with E-state index in [1.165, 1.54) is 0 Å². The van der Waals surface area contributed by atoms with E-state index < -0.39 is 0 Å². The van der Waals surface area contributed by atoms with Gasteiger partial charge in [-0.25, -0.2) is 4.63 Å². The Hall–Kier alpha value is -2.29. The number of rotatable bonds is 4. The zero-order valence-electron chi connectivity index (χ0n) is 12.4. The molecule has 3 rings (SSSR count). The normalized spacial score (nSPS) is 17.4. The van der Waals surface area contributed by atoms with Crippen LogP contribution in [0.4, 0.5) is 0 Å². The van der Waals surface area contributed by atoms with Gasteiger partial charge in [-0.05, 0) is 37.8 Å². The number of carbonyl (C=O) groups excluding carboxylic acids is 1. The number of amides is 1. The van der Waals surface area contributed by atoms with Crippen LogP contribution in [0, 0.1) is 19.8 Å². The van der Waals surface area contributed by atoms with Crippen LogP contribution in [0.1, 0.15) is 46.8 Å². The second-order valence-electron chi connectivity index (χ2n) is 5.28. The first-order valence-electron chi connectivity index (χ1n) is 7.13. The molecule has 22 heavy (non-hydrogen) atoms. The fraction of sp³-hybridized carbons (Fsp3) is 0.615. The van der Waals surface area contributed by atoms with Crippen molar-refractivity contribution in [3.05, 3.63) is 23.1 Å². The maximum atomic E-state index is 12.4. The third kappa shape index (κ3) is 2.98. The lowest BCUT2D eigenvalue weighted by Crippen LogP contribution is -2.36. The van der Waals surface area contributed by atoms with Gasteiger partial charge in [-0.15, -0.1) is 0 Å². The molecule has 1 atom stereocenters. The van der Waals surface area contributed by atoms with Gasteiger partial charge < -0.3 is 14.6 Å². The highest BCUT2D eigenvalue weighted by atomic mass is 16.6. The van der Waals surface area contributed by atoms with Gasteiger partial charge in [0.2, 0.25) is 5.89 Å². The van der Waals surface area contributed by atoms with Crippen molar-refractivity contribution in [3.63, 3.8) is 0 Å². The summed E-state index contributed by atoms with van der Waals surface area (Å²) in [5.41, 5.74) is 0.596. The van der Waals surface area contributed by atoms with Crippen molar-refractivity contribution in [2.45, 2.75) is 32.7 Å². The average Bonchev–Trinajstić information content (AvgIpc) is 3.14. The zero-order chi connectivity index (χ0) is 15.5. The van der Waals surface area contributed by atoms with E-state index >= 15 is 0 Å². The summed E-state index contributed by atoms with van der Waals surface area (Å²) in [7, 11) is 0. The molecule has 9 nitrogen and oxygen atoms in total. The predicted octanol–water partition coefficient (Wildman–Crippen LogP) is 0.967. The molecular weight excluding hydrogens is 290 g/mol. The minimum atomic E-state index is -0.381. The molecule has 1 aliphatic heterocycles. The Morgan fingerprint density at radius 2 is 2.00 bits per heavy atom. The SMILES string of the molecule is Cc1noc([C@H](NC(=O)c2nonc2C)C2CCOCC2)n1. The molecule has 1 N–H and O–H groups in total. The molecule has 3 heterocycles. The van der Waals surface area contributed by atoms with Crippen molar-refractivity contribution in [2.75, 3.05) is 13.2 Å². The summed E-state index contributed by atoms with van der Waals surface area (Å²) < 4.78 is 15.2. The van der Waals surface area contributed by atoms with Gasteiger partial charge in [-0.1, -0.05) is 10.3 Å². The molecule has 0 aromatic carbocycles. The van der Waals surface area contributed by atoms with E-state index in [-0.39, 0.29) is 23.6 Å². The van der Waals surface area contributed by atoms with Crippen molar-refractivity contribution < 1.29 is 18.7 Å². The summed E-state index contributed by atoms with van der Waals surface area (Å²) in [6, 6.07) is -0.381. The van der Waals surface area contributed by atoms with Crippen LogP contribution in [0.2, 0.25) is 0 Å².